The van der Waals surface area contributed by atoms with Gasteiger partial charge in [-0.05, 0) is 0 Å². The average molecular weight is 149 g/mol. The summed E-state index contributed by atoms with van der Waals surface area (Å²) in [4.78, 5) is 1.92. The number of nitrogens with zero attached hydrogens (tertiary/aromatic N) is 3. The normalized spacial score (nSPS) is 9.18. The second-order valence-corrected chi connectivity index (χ2v) is 2.41. The molecule has 0 fully saturated rings. The highest BCUT2D eigenvalue weighted by molar-refractivity contribution is 5.37. The SMILES string of the molecule is C#CCN(C)c1ccn(C)n1. The molecular formula is C8H11N3. The predicted molar refractivity (Wildman–Crippen MR) is 45.3 cm³/mol. The van der Waals surface area contributed by atoms with Gasteiger partial charge in [-0.1, -0.05) is 5.92 Å². The Kier molecular flexibility index (Phi) is 2.17. The number of anilines is 1. The van der Waals surface area contributed by atoms with E-state index in [0.29, 0.717) is 6.54 Å². The van der Waals surface area contributed by atoms with E-state index < -0.39 is 0 Å². The van der Waals surface area contributed by atoms with Crippen LogP contribution in [0, 0.1) is 12.3 Å². The van der Waals surface area contributed by atoms with Crippen LogP contribution in [0.3, 0.4) is 0 Å². The molecule has 0 amide bonds. The monoisotopic (exact) mass is 149 g/mol. The highest BCUT2D eigenvalue weighted by Crippen LogP contribution is 2.05. The van der Waals surface area contributed by atoms with E-state index in [0.717, 1.165) is 5.82 Å². The van der Waals surface area contributed by atoms with Gasteiger partial charge < -0.3 is 4.90 Å². The lowest BCUT2D eigenvalue weighted by molar-refractivity contribution is 0.759. The standard InChI is InChI=1S/C8H11N3/c1-4-6-10(2)8-5-7-11(3)9-8/h1,5,7H,6H2,2-3H3. The van der Waals surface area contributed by atoms with Gasteiger partial charge in [-0.25, -0.2) is 0 Å². The molecule has 1 aromatic rings. The summed E-state index contributed by atoms with van der Waals surface area (Å²) in [6.45, 7) is 0.594. The lowest BCUT2D eigenvalue weighted by Crippen LogP contribution is -2.17. The molecule has 0 atom stereocenters. The number of terminal acetylenes is 1. The first-order valence-electron chi connectivity index (χ1n) is 3.38. The molecule has 0 bridgehead atoms. The van der Waals surface area contributed by atoms with Gasteiger partial charge in [-0.2, -0.15) is 5.10 Å². The van der Waals surface area contributed by atoms with Crippen molar-refractivity contribution >= 4 is 5.82 Å². The first-order chi connectivity index (χ1) is 5.24. The number of hydrogen-bond acceptors (Lipinski definition) is 2. The van der Waals surface area contributed by atoms with Gasteiger partial charge in [-0.3, -0.25) is 4.68 Å². The first kappa shape index (κ1) is 7.67. The quantitative estimate of drug-likeness (QED) is 0.571. The molecule has 0 spiro atoms. The summed E-state index contributed by atoms with van der Waals surface area (Å²) in [5.74, 6) is 3.46. The third kappa shape index (κ3) is 1.74. The Hall–Kier alpha value is -1.43. The van der Waals surface area contributed by atoms with Crippen molar-refractivity contribution in [2.45, 2.75) is 0 Å². The van der Waals surface area contributed by atoms with Crippen molar-refractivity contribution in [1.82, 2.24) is 9.78 Å². The van der Waals surface area contributed by atoms with Gasteiger partial charge in [0.25, 0.3) is 0 Å². The van der Waals surface area contributed by atoms with Crippen LogP contribution in [0.1, 0.15) is 0 Å². The molecule has 11 heavy (non-hydrogen) atoms. The molecule has 0 saturated heterocycles. The van der Waals surface area contributed by atoms with E-state index in [2.05, 4.69) is 11.0 Å². The highest BCUT2D eigenvalue weighted by atomic mass is 15.3. The topological polar surface area (TPSA) is 21.1 Å². The molecule has 0 aliphatic carbocycles. The molecule has 0 radical (unpaired) electrons. The van der Waals surface area contributed by atoms with Crippen molar-refractivity contribution in [2.75, 3.05) is 18.5 Å². The van der Waals surface area contributed by atoms with Crippen LogP contribution in [0.2, 0.25) is 0 Å². The van der Waals surface area contributed by atoms with Crippen molar-refractivity contribution < 1.29 is 0 Å². The Balaban J connectivity index is 2.70. The molecular weight excluding hydrogens is 138 g/mol. The molecule has 1 rings (SSSR count). The summed E-state index contributed by atoms with van der Waals surface area (Å²) < 4.78 is 1.75. The smallest absolute Gasteiger partial charge is 0.151 e. The Labute approximate surface area is 66.6 Å². The molecule has 0 unspecified atom stereocenters. The maximum absolute atomic E-state index is 5.15. The summed E-state index contributed by atoms with van der Waals surface area (Å²) in [6, 6.07) is 1.93. The minimum Gasteiger partial charge on any atom is -0.347 e. The Bertz CT molecular complexity index is 269. The van der Waals surface area contributed by atoms with E-state index in [1.807, 2.05) is 31.3 Å². The van der Waals surface area contributed by atoms with Gasteiger partial charge in [0.15, 0.2) is 5.82 Å². The summed E-state index contributed by atoms with van der Waals surface area (Å²) in [5, 5.41) is 4.18. The minimum atomic E-state index is 0.594. The minimum absolute atomic E-state index is 0.594. The summed E-state index contributed by atoms with van der Waals surface area (Å²) in [5.41, 5.74) is 0. The fourth-order valence-corrected chi connectivity index (χ4v) is 0.824. The van der Waals surface area contributed by atoms with Crippen molar-refractivity contribution in [1.29, 1.82) is 0 Å². The number of aryl methyl sites for hydroxylation is 1. The van der Waals surface area contributed by atoms with Crippen LogP contribution in [0.25, 0.3) is 0 Å². The molecule has 3 nitrogen and oxygen atoms in total. The van der Waals surface area contributed by atoms with Crippen LogP contribution in [0.15, 0.2) is 12.3 Å². The zero-order valence-corrected chi connectivity index (χ0v) is 6.78. The van der Waals surface area contributed by atoms with E-state index in [-0.39, 0.29) is 0 Å². The van der Waals surface area contributed by atoms with Crippen LogP contribution in [-0.2, 0) is 7.05 Å². The van der Waals surface area contributed by atoms with Crippen LogP contribution >= 0.6 is 0 Å². The Morgan fingerprint density at radius 1 is 1.82 bits per heavy atom. The van der Waals surface area contributed by atoms with Gasteiger partial charge in [0.2, 0.25) is 0 Å². The fourth-order valence-electron chi connectivity index (χ4n) is 0.824. The molecule has 1 aromatic heterocycles. The lowest BCUT2D eigenvalue weighted by atomic mass is 10.5. The predicted octanol–water partition coefficient (Wildman–Crippen LogP) is 0.490. The van der Waals surface area contributed by atoms with Gasteiger partial charge in [-0.15, -0.1) is 6.42 Å². The van der Waals surface area contributed by atoms with E-state index in [4.69, 9.17) is 6.42 Å². The average Bonchev–Trinajstić information content (AvgIpc) is 2.36. The van der Waals surface area contributed by atoms with E-state index in [9.17, 15) is 0 Å². The molecule has 3 heteroatoms. The molecule has 1 heterocycles. The zero-order valence-electron chi connectivity index (χ0n) is 6.78. The third-order valence-corrected chi connectivity index (χ3v) is 1.42. The summed E-state index contributed by atoms with van der Waals surface area (Å²) >= 11 is 0. The second-order valence-electron chi connectivity index (χ2n) is 2.41. The maximum atomic E-state index is 5.15. The molecule has 58 valence electrons. The second kappa shape index (κ2) is 3.11. The number of rotatable bonds is 2. The molecule has 0 saturated carbocycles. The fraction of sp³-hybridized carbons (Fsp3) is 0.375. The summed E-state index contributed by atoms with van der Waals surface area (Å²) in [7, 11) is 3.80. The van der Waals surface area contributed by atoms with E-state index in [1.54, 1.807) is 4.68 Å². The zero-order chi connectivity index (χ0) is 8.27. The summed E-state index contributed by atoms with van der Waals surface area (Å²) in [6.07, 6.45) is 7.04. The largest absolute Gasteiger partial charge is 0.347 e. The van der Waals surface area contributed by atoms with E-state index >= 15 is 0 Å². The highest BCUT2D eigenvalue weighted by Gasteiger charge is 1.99. The maximum Gasteiger partial charge on any atom is 0.151 e. The van der Waals surface area contributed by atoms with Crippen molar-refractivity contribution in [2.24, 2.45) is 7.05 Å². The van der Waals surface area contributed by atoms with Gasteiger partial charge in [0.1, 0.15) is 0 Å². The van der Waals surface area contributed by atoms with Crippen LogP contribution in [-0.4, -0.2) is 23.4 Å². The number of aromatic nitrogens is 2. The van der Waals surface area contributed by atoms with Gasteiger partial charge in [0, 0.05) is 26.4 Å². The van der Waals surface area contributed by atoms with Crippen LogP contribution in [0.5, 0.6) is 0 Å². The Morgan fingerprint density at radius 2 is 2.55 bits per heavy atom. The van der Waals surface area contributed by atoms with Crippen LogP contribution in [0.4, 0.5) is 5.82 Å². The van der Waals surface area contributed by atoms with Crippen molar-refractivity contribution in [3.63, 3.8) is 0 Å². The Morgan fingerprint density at radius 3 is 3.00 bits per heavy atom. The molecule has 0 aliphatic rings. The van der Waals surface area contributed by atoms with Crippen LogP contribution < -0.4 is 4.90 Å². The van der Waals surface area contributed by atoms with Crippen molar-refractivity contribution in [3.05, 3.63) is 12.3 Å². The lowest BCUT2D eigenvalue weighted by Gasteiger charge is -2.10. The number of hydrogen-bond donors (Lipinski definition) is 0. The molecule has 0 aliphatic heterocycles. The molecule has 0 N–H and O–H groups in total. The third-order valence-electron chi connectivity index (χ3n) is 1.42. The van der Waals surface area contributed by atoms with Gasteiger partial charge in [0.05, 0.1) is 6.54 Å². The van der Waals surface area contributed by atoms with E-state index in [1.165, 1.54) is 0 Å². The first-order valence-corrected chi connectivity index (χ1v) is 3.38. The molecule has 0 aromatic carbocycles. The van der Waals surface area contributed by atoms with Crippen molar-refractivity contribution in [3.8, 4) is 12.3 Å². The van der Waals surface area contributed by atoms with Gasteiger partial charge >= 0.3 is 0 Å².